The number of pyridine rings is 1. The molecule has 4 N–H and O–H groups in total. The Morgan fingerprint density at radius 3 is 2.38 bits per heavy atom. The Labute approximate surface area is 165 Å². The molecule has 0 aliphatic heterocycles. The topological polar surface area (TPSA) is 97.1 Å². The number of benzene rings is 1. The van der Waals surface area contributed by atoms with Gasteiger partial charge in [0, 0.05) is 24.5 Å². The highest BCUT2D eigenvalue weighted by molar-refractivity contribution is 6.09. The lowest BCUT2D eigenvalue weighted by Gasteiger charge is -2.14. The molecule has 0 aliphatic rings. The van der Waals surface area contributed by atoms with Crippen LogP contribution in [0.4, 0.5) is 5.69 Å². The lowest BCUT2D eigenvalue weighted by atomic mass is 10.1. The van der Waals surface area contributed by atoms with Crippen molar-refractivity contribution in [3.8, 4) is 0 Å². The van der Waals surface area contributed by atoms with Gasteiger partial charge in [-0.15, -0.1) is 24.8 Å². The summed E-state index contributed by atoms with van der Waals surface area (Å²) in [5.74, 6) is -0.482. The molecule has 0 bridgehead atoms. The molecule has 2 rings (SSSR count). The second-order valence-corrected chi connectivity index (χ2v) is 5.44. The highest BCUT2D eigenvalue weighted by atomic mass is 35.5. The van der Waals surface area contributed by atoms with Gasteiger partial charge in [-0.05, 0) is 50.1 Å². The Bertz CT molecular complexity index is 712. The second kappa shape index (κ2) is 12.2. The molecule has 2 amide bonds. The predicted molar refractivity (Wildman–Crippen MR) is 108 cm³/mol. The number of nitrogens with one attached hydrogen (secondary N) is 2. The Morgan fingerprint density at radius 2 is 1.73 bits per heavy atom. The van der Waals surface area contributed by atoms with E-state index >= 15 is 0 Å². The molecule has 26 heavy (non-hydrogen) atoms. The van der Waals surface area contributed by atoms with Crippen LogP contribution in [0.1, 0.15) is 39.1 Å². The number of nitrogens with two attached hydrogens (primary N) is 1. The van der Waals surface area contributed by atoms with Crippen LogP contribution in [0.3, 0.4) is 0 Å². The lowest BCUT2D eigenvalue weighted by Crippen LogP contribution is -2.27. The largest absolute Gasteiger partial charge is 0.352 e. The van der Waals surface area contributed by atoms with Crippen molar-refractivity contribution in [2.24, 2.45) is 5.73 Å². The fraction of sp³-hybridized carbons (Fsp3) is 0.278. The van der Waals surface area contributed by atoms with Crippen LogP contribution in [0.5, 0.6) is 0 Å². The first kappa shape index (κ1) is 23.9. The quantitative estimate of drug-likeness (QED) is 0.624. The smallest absolute Gasteiger partial charge is 0.255 e. The minimum atomic E-state index is -0.274. The van der Waals surface area contributed by atoms with E-state index < -0.39 is 0 Å². The summed E-state index contributed by atoms with van der Waals surface area (Å²) in [6.45, 7) is 3.02. The Morgan fingerprint density at radius 1 is 1.04 bits per heavy atom. The third kappa shape index (κ3) is 6.63. The first-order valence-corrected chi connectivity index (χ1v) is 7.92. The van der Waals surface area contributed by atoms with Gasteiger partial charge < -0.3 is 16.4 Å². The average Bonchev–Trinajstić information content (AvgIpc) is 2.61. The molecule has 1 aromatic heterocycles. The molecule has 142 valence electrons. The van der Waals surface area contributed by atoms with Gasteiger partial charge in [-0.2, -0.15) is 0 Å². The minimum Gasteiger partial charge on any atom is -0.352 e. The van der Waals surface area contributed by atoms with Crippen LogP contribution in [0.25, 0.3) is 0 Å². The first-order chi connectivity index (χ1) is 11.6. The van der Waals surface area contributed by atoms with Crippen LogP contribution >= 0.6 is 24.8 Å². The summed E-state index contributed by atoms with van der Waals surface area (Å²) in [5, 5.41) is 5.69. The summed E-state index contributed by atoms with van der Waals surface area (Å²) < 4.78 is 0. The number of nitrogens with zero attached hydrogens (tertiary/aromatic N) is 1. The summed E-state index contributed by atoms with van der Waals surface area (Å²) >= 11 is 0. The number of unbranched alkanes of at least 4 members (excludes halogenated alkanes) is 1. The number of para-hydroxylation sites is 1. The molecular weight excluding hydrogens is 375 g/mol. The predicted octanol–water partition coefficient (Wildman–Crippen LogP) is 2.95. The second-order valence-electron chi connectivity index (χ2n) is 5.44. The van der Waals surface area contributed by atoms with Gasteiger partial charge in [-0.1, -0.05) is 12.1 Å². The molecule has 2 aromatic rings. The van der Waals surface area contributed by atoms with Crippen LogP contribution in [-0.2, 0) is 0 Å². The number of hydrogen-bond acceptors (Lipinski definition) is 4. The molecule has 1 heterocycles. The summed E-state index contributed by atoms with van der Waals surface area (Å²) in [7, 11) is 0. The van der Waals surface area contributed by atoms with Crippen molar-refractivity contribution in [2.75, 3.05) is 18.4 Å². The maximum Gasteiger partial charge on any atom is 0.255 e. The number of anilines is 1. The average molecular weight is 399 g/mol. The molecule has 0 radical (unpaired) electrons. The minimum absolute atomic E-state index is 0. The number of halogens is 2. The third-order valence-electron chi connectivity index (χ3n) is 3.61. The zero-order valence-electron chi connectivity index (χ0n) is 14.5. The number of amides is 2. The van der Waals surface area contributed by atoms with E-state index in [0.29, 0.717) is 29.9 Å². The SMILES string of the molecule is Cc1cccc(C(=O)NCCCCN)c1NC(=O)c1ccncc1.Cl.Cl. The van der Waals surface area contributed by atoms with E-state index in [-0.39, 0.29) is 36.6 Å². The van der Waals surface area contributed by atoms with Crippen molar-refractivity contribution in [3.05, 3.63) is 59.4 Å². The van der Waals surface area contributed by atoms with E-state index in [2.05, 4.69) is 15.6 Å². The van der Waals surface area contributed by atoms with Gasteiger partial charge in [-0.25, -0.2) is 0 Å². The van der Waals surface area contributed by atoms with Gasteiger partial charge >= 0.3 is 0 Å². The van der Waals surface area contributed by atoms with Gasteiger partial charge in [-0.3, -0.25) is 14.6 Å². The lowest BCUT2D eigenvalue weighted by molar-refractivity contribution is 0.0954. The van der Waals surface area contributed by atoms with Crippen molar-refractivity contribution in [3.63, 3.8) is 0 Å². The van der Waals surface area contributed by atoms with Gasteiger partial charge in [0.05, 0.1) is 11.3 Å². The van der Waals surface area contributed by atoms with Crippen molar-refractivity contribution < 1.29 is 9.59 Å². The van der Waals surface area contributed by atoms with E-state index in [0.717, 1.165) is 18.4 Å². The Hall–Kier alpha value is -2.15. The normalized spacial score (nSPS) is 9.46. The molecule has 0 saturated carbocycles. The number of aryl methyl sites for hydroxylation is 1. The van der Waals surface area contributed by atoms with E-state index in [1.54, 1.807) is 36.7 Å². The summed E-state index contributed by atoms with van der Waals surface area (Å²) in [5.41, 5.74) is 7.73. The molecule has 0 spiro atoms. The number of hydrogen-bond donors (Lipinski definition) is 3. The van der Waals surface area contributed by atoms with Gasteiger partial charge in [0.1, 0.15) is 0 Å². The summed E-state index contributed by atoms with van der Waals surface area (Å²) in [6.07, 6.45) is 4.79. The fourth-order valence-electron chi connectivity index (χ4n) is 2.28. The standard InChI is InChI=1S/C18H22N4O2.2ClH/c1-13-5-4-6-15(18(24)21-10-3-2-9-19)16(13)22-17(23)14-7-11-20-12-8-14;;/h4-8,11-12H,2-3,9-10,19H2,1H3,(H,21,24)(H,22,23);2*1H. The number of rotatable bonds is 7. The summed E-state index contributed by atoms with van der Waals surface area (Å²) in [6, 6.07) is 8.60. The van der Waals surface area contributed by atoms with Crippen molar-refractivity contribution in [1.29, 1.82) is 0 Å². The number of aromatic nitrogens is 1. The fourth-order valence-corrected chi connectivity index (χ4v) is 2.28. The molecular formula is C18H24Cl2N4O2. The highest BCUT2D eigenvalue weighted by Crippen LogP contribution is 2.21. The Kier molecular flexibility index (Phi) is 11.2. The van der Waals surface area contributed by atoms with Crippen LogP contribution in [0, 0.1) is 6.92 Å². The van der Waals surface area contributed by atoms with Gasteiger partial charge in [0.15, 0.2) is 0 Å². The molecule has 0 fully saturated rings. The van der Waals surface area contributed by atoms with E-state index in [4.69, 9.17) is 5.73 Å². The van der Waals surface area contributed by atoms with E-state index in [1.165, 1.54) is 0 Å². The molecule has 0 saturated heterocycles. The summed E-state index contributed by atoms with van der Waals surface area (Å²) in [4.78, 5) is 28.6. The van der Waals surface area contributed by atoms with Crippen LogP contribution in [0.15, 0.2) is 42.7 Å². The number of carbonyl (C=O) groups excluding carboxylic acids is 2. The molecule has 8 heteroatoms. The van der Waals surface area contributed by atoms with Gasteiger partial charge in [0.25, 0.3) is 11.8 Å². The zero-order chi connectivity index (χ0) is 17.4. The molecule has 6 nitrogen and oxygen atoms in total. The molecule has 0 aliphatic carbocycles. The van der Waals surface area contributed by atoms with Gasteiger partial charge in [0.2, 0.25) is 0 Å². The van der Waals surface area contributed by atoms with E-state index in [9.17, 15) is 9.59 Å². The van der Waals surface area contributed by atoms with E-state index in [1.807, 2.05) is 13.0 Å². The van der Waals surface area contributed by atoms with Crippen LogP contribution < -0.4 is 16.4 Å². The maximum atomic E-state index is 12.4. The number of carbonyl (C=O) groups is 2. The molecule has 0 atom stereocenters. The van der Waals surface area contributed by atoms with Crippen molar-refractivity contribution >= 4 is 42.3 Å². The van der Waals surface area contributed by atoms with Crippen LogP contribution in [0.2, 0.25) is 0 Å². The van der Waals surface area contributed by atoms with Crippen molar-refractivity contribution in [1.82, 2.24) is 10.3 Å². The molecule has 0 unspecified atom stereocenters. The zero-order valence-corrected chi connectivity index (χ0v) is 16.2. The molecule has 1 aromatic carbocycles. The monoisotopic (exact) mass is 398 g/mol. The van der Waals surface area contributed by atoms with Crippen LogP contribution in [-0.4, -0.2) is 29.9 Å². The van der Waals surface area contributed by atoms with Crippen molar-refractivity contribution in [2.45, 2.75) is 19.8 Å². The third-order valence-corrected chi connectivity index (χ3v) is 3.61. The Balaban J connectivity index is 0.00000312. The first-order valence-electron chi connectivity index (χ1n) is 7.92. The maximum absolute atomic E-state index is 12.4. The highest BCUT2D eigenvalue weighted by Gasteiger charge is 2.16.